The van der Waals surface area contributed by atoms with Gasteiger partial charge in [-0.15, -0.1) is 17.9 Å². The van der Waals surface area contributed by atoms with Crippen molar-refractivity contribution in [2.75, 3.05) is 11.4 Å². The number of nitrogens with zero attached hydrogens (tertiary/aromatic N) is 4. The van der Waals surface area contributed by atoms with E-state index in [4.69, 9.17) is 5.26 Å². The molecule has 0 saturated heterocycles. The highest BCUT2D eigenvalue weighted by molar-refractivity contribution is 7.14. The Kier molecular flexibility index (Phi) is 5.58. The minimum absolute atomic E-state index is 0.00322. The van der Waals surface area contributed by atoms with Crippen LogP contribution in [0, 0.1) is 21.4 Å². The summed E-state index contributed by atoms with van der Waals surface area (Å²) in [6, 6.07) is 14.5. The summed E-state index contributed by atoms with van der Waals surface area (Å²) in [6.07, 6.45) is 1.61. The van der Waals surface area contributed by atoms with E-state index in [0.717, 1.165) is 5.56 Å². The number of benzene rings is 2. The van der Waals surface area contributed by atoms with Gasteiger partial charge in [0.25, 0.3) is 11.6 Å². The van der Waals surface area contributed by atoms with Crippen LogP contribution in [0.25, 0.3) is 11.3 Å². The van der Waals surface area contributed by atoms with Crippen molar-refractivity contribution >= 4 is 28.1 Å². The van der Waals surface area contributed by atoms with Gasteiger partial charge in [-0.1, -0.05) is 6.08 Å². The molecule has 0 saturated carbocycles. The summed E-state index contributed by atoms with van der Waals surface area (Å²) in [5, 5.41) is 22.0. The molecule has 1 heterocycles. The number of rotatable bonds is 6. The molecule has 0 unspecified atom stereocenters. The number of nitriles is 1. The predicted molar refractivity (Wildman–Crippen MR) is 107 cm³/mol. The molecule has 28 heavy (non-hydrogen) atoms. The highest BCUT2D eigenvalue weighted by atomic mass is 32.1. The van der Waals surface area contributed by atoms with Gasteiger partial charge in [0.15, 0.2) is 5.13 Å². The number of amides is 1. The van der Waals surface area contributed by atoms with E-state index >= 15 is 0 Å². The number of aromatic nitrogens is 1. The summed E-state index contributed by atoms with van der Waals surface area (Å²) >= 11 is 1.29. The molecule has 2 aromatic carbocycles. The minimum Gasteiger partial charge on any atom is -0.280 e. The van der Waals surface area contributed by atoms with Crippen LogP contribution >= 0.6 is 11.3 Å². The summed E-state index contributed by atoms with van der Waals surface area (Å²) in [7, 11) is 0. The monoisotopic (exact) mass is 390 g/mol. The number of carbonyl (C=O) groups excluding carboxylic acids is 1. The van der Waals surface area contributed by atoms with Gasteiger partial charge in [-0.05, 0) is 36.4 Å². The number of thiazole rings is 1. The maximum Gasteiger partial charge on any atom is 0.269 e. The summed E-state index contributed by atoms with van der Waals surface area (Å²) < 4.78 is 0. The predicted octanol–water partition coefficient (Wildman–Crippen LogP) is 4.42. The van der Waals surface area contributed by atoms with Crippen LogP contribution in [-0.4, -0.2) is 22.4 Å². The maximum atomic E-state index is 12.9. The lowest BCUT2D eigenvalue weighted by Gasteiger charge is -2.18. The summed E-state index contributed by atoms with van der Waals surface area (Å²) in [4.78, 5) is 29.2. The van der Waals surface area contributed by atoms with Crippen LogP contribution in [0.1, 0.15) is 15.9 Å². The van der Waals surface area contributed by atoms with E-state index in [1.807, 2.05) is 6.07 Å². The molecule has 3 rings (SSSR count). The molecule has 138 valence electrons. The van der Waals surface area contributed by atoms with Gasteiger partial charge >= 0.3 is 0 Å². The third-order valence-electron chi connectivity index (χ3n) is 3.91. The van der Waals surface area contributed by atoms with E-state index in [0.29, 0.717) is 22.0 Å². The third kappa shape index (κ3) is 3.95. The van der Waals surface area contributed by atoms with Gasteiger partial charge in [0.1, 0.15) is 0 Å². The molecular weight excluding hydrogens is 376 g/mol. The number of carbonyl (C=O) groups is 1. The van der Waals surface area contributed by atoms with Crippen molar-refractivity contribution in [2.24, 2.45) is 0 Å². The molecule has 0 aliphatic carbocycles. The molecular formula is C20H14N4O3S. The molecule has 0 radical (unpaired) electrons. The Morgan fingerprint density at radius 1 is 1.25 bits per heavy atom. The van der Waals surface area contributed by atoms with Crippen LogP contribution in [0.5, 0.6) is 0 Å². The van der Waals surface area contributed by atoms with E-state index in [9.17, 15) is 14.9 Å². The molecule has 0 spiro atoms. The SMILES string of the molecule is C=CCN(C(=O)c1ccc(C#N)cc1)c1nc(-c2ccc([N+](=O)[O-])cc2)cs1. The Hall–Kier alpha value is -3.83. The van der Waals surface area contributed by atoms with Crippen molar-refractivity contribution in [3.8, 4) is 17.3 Å². The van der Waals surface area contributed by atoms with Gasteiger partial charge in [-0.3, -0.25) is 19.8 Å². The lowest BCUT2D eigenvalue weighted by Crippen LogP contribution is -2.30. The van der Waals surface area contributed by atoms with Gasteiger partial charge in [-0.2, -0.15) is 5.26 Å². The smallest absolute Gasteiger partial charge is 0.269 e. The molecule has 0 fully saturated rings. The molecule has 0 aliphatic heterocycles. The van der Waals surface area contributed by atoms with Crippen molar-refractivity contribution in [3.63, 3.8) is 0 Å². The van der Waals surface area contributed by atoms with Crippen LogP contribution in [0.2, 0.25) is 0 Å². The van der Waals surface area contributed by atoms with E-state index < -0.39 is 4.92 Å². The van der Waals surface area contributed by atoms with E-state index in [1.54, 1.807) is 47.9 Å². The highest BCUT2D eigenvalue weighted by Gasteiger charge is 2.20. The fourth-order valence-electron chi connectivity index (χ4n) is 2.49. The fraction of sp³-hybridized carbons (Fsp3) is 0.0500. The van der Waals surface area contributed by atoms with E-state index in [-0.39, 0.29) is 18.1 Å². The second-order valence-electron chi connectivity index (χ2n) is 5.71. The fourth-order valence-corrected chi connectivity index (χ4v) is 3.34. The van der Waals surface area contributed by atoms with Crippen LogP contribution < -0.4 is 4.90 Å². The molecule has 0 atom stereocenters. The molecule has 7 nitrogen and oxygen atoms in total. The third-order valence-corrected chi connectivity index (χ3v) is 4.78. The highest BCUT2D eigenvalue weighted by Crippen LogP contribution is 2.29. The van der Waals surface area contributed by atoms with Crippen LogP contribution in [0.4, 0.5) is 10.8 Å². The average molecular weight is 390 g/mol. The number of nitro benzene ring substituents is 1. The van der Waals surface area contributed by atoms with Gasteiger partial charge < -0.3 is 0 Å². The molecule has 1 aromatic heterocycles. The number of hydrogen-bond donors (Lipinski definition) is 0. The first-order chi connectivity index (χ1) is 13.5. The first kappa shape index (κ1) is 18.9. The minimum atomic E-state index is -0.460. The van der Waals surface area contributed by atoms with Crippen molar-refractivity contribution in [1.29, 1.82) is 5.26 Å². The van der Waals surface area contributed by atoms with Gasteiger partial charge in [0.2, 0.25) is 0 Å². The molecule has 0 N–H and O–H groups in total. The Morgan fingerprint density at radius 2 is 1.93 bits per heavy atom. The van der Waals surface area contributed by atoms with Crippen molar-refractivity contribution in [3.05, 3.63) is 87.8 Å². The Morgan fingerprint density at radius 3 is 2.50 bits per heavy atom. The standard InChI is InChI=1S/C20H14N4O3S/c1-2-11-23(19(25)16-5-3-14(12-21)4-6-16)20-22-18(13-28-20)15-7-9-17(10-8-15)24(26)27/h2-10,13H,1,11H2. The Labute approximate surface area is 165 Å². The number of hydrogen-bond acceptors (Lipinski definition) is 6. The zero-order valence-electron chi connectivity index (χ0n) is 14.6. The summed E-state index contributed by atoms with van der Waals surface area (Å²) in [5.41, 5.74) is 2.26. The first-order valence-electron chi connectivity index (χ1n) is 8.16. The number of nitro groups is 1. The van der Waals surface area contributed by atoms with Gasteiger partial charge in [0, 0.05) is 35.2 Å². The van der Waals surface area contributed by atoms with Crippen LogP contribution in [0.15, 0.2) is 66.6 Å². The summed E-state index contributed by atoms with van der Waals surface area (Å²) in [6.45, 7) is 3.97. The normalized spacial score (nSPS) is 10.1. The van der Waals surface area contributed by atoms with Crippen molar-refractivity contribution in [1.82, 2.24) is 4.98 Å². The second kappa shape index (κ2) is 8.24. The van der Waals surface area contributed by atoms with Gasteiger partial charge in [0.05, 0.1) is 22.2 Å². The summed E-state index contributed by atoms with van der Waals surface area (Å²) in [5.74, 6) is -0.256. The average Bonchev–Trinajstić information content (AvgIpc) is 3.21. The lowest BCUT2D eigenvalue weighted by atomic mass is 10.1. The van der Waals surface area contributed by atoms with E-state index in [1.165, 1.54) is 28.4 Å². The van der Waals surface area contributed by atoms with Crippen LogP contribution in [-0.2, 0) is 0 Å². The Bertz CT molecular complexity index is 1070. The Balaban J connectivity index is 1.88. The lowest BCUT2D eigenvalue weighted by molar-refractivity contribution is -0.384. The maximum absolute atomic E-state index is 12.9. The number of non-ortho nitro benzene ring substituents is 1. The largest absolute Gasteiger partial charge is 0.280 e. The molecule has 8 heteroatoms. The molecule has 3 aromatic rings. The van der Waals surface area contributed by atoms with Gasteiger partial charge in [-0.25, -0.2) is 4.98 Å². The molecule has 0 bridgehead atoms. The quantitative estimate of drug-likeness (QED) is 0.352. The van der Waals surface area contributed by atoms with Crippen molar-refractivity contribution < 1.29 is 9.72 Å². The zero-order valence-corrected chi connectivity index (χ0v) is 15.4. The van der Waals surface area contributed by atoms with Crippen LogP contribution in [0.3, 0.4) is 0 Å². The molecule has 0 aliphatic rings. The van der Waals surface area contributed by atoms with E-state index in [2.05, 4.69) is 11.6 Å². The topological polar surface area (TPSA) is 100 Å². The second-order valence-corrected chi connectivity index (χ2v) is 6.55. The van der Waals surface area contributed by atoms with Crippen molar-refractivity contribution in [2.45, 2.75) is 0 Å². The first-order valence-corrected chi connectivity index (χ1v) is 9.04. The number of anilines is 1. The molecule has 1 amide bonds. The zero-order chi connectivity index (χ0) is 20.1.